The maximum atomic E-state index is 11.6. The first kappa shape index (κ1) is 17.6. The Kier molecular flexibility index (Phi) is 9.03. The number of carbonyl (C=O) groups is 1. The molecule has 0 amide bonds. The summed E-state index contributed by atoms with van der Waals surface area (Å²) in [6, 6.07) is 0. The number of carbonyl (C=O) groups excluding carboxylic acids is 1. The van der Waals surface area contributed by atoms with Gasteiger partial charge in [-0.15, -0.1) is 0 Å². The molecule has 0 spiro atoms. The Hall–Kier alpha value is 0.650. The van der Waals surface area contributed by atoms with Crippen LogP contribution in [0.5, 0.6) is 0 Å². The van der Waals surface area contributed by atoms with Crippen LogP contribution < -0.4 is 0 Å². The lowest BCUT2D eigenvalue weighted by atomic mass is 9.79. The molecule has 0 aliphatic carbocycles. The highest BCUT2D eigenvalue weighted by molar-refractivity contribution is 9.28. The Morgan fingerprint density at radius 2 is 2.00 bits per heavy atom. The predicted octanol–water partition coefficient (Wildman–Crippen LogP) is 5.14. The van der Waals surface area contributed by atoms with Crippen molar-refractivity contribution in [2.45, 2.75) is 44.9 Å². The molecule has 0 N–H and O–H groups in total. The van der Waals surface area contributed by atoms with E-state index in [1.54, 1.807) is 0 Å². The molecule has 0 saturated heterocycles. The first-order valence-corrected chi connectivity index (χ1v) is 8.18. The number of allylic oxidation sites excluding steroid dienone is 1. The third kappa shape index (κ3) is 6.97. The Morgan fingerprint density at radius 3 is 2.41 bits per heavy atom. The summed E-state index contributed by atoms with van der Waals surface area (Å²) in [7, 11) is 0. The Bertz CT molecular complexity index is 275. The van der Waals surface area contributed by atoms with Gasteiger partial charge in [0.15, 0.2) is 0 Å². The van der Waals surface area contributed by atoms with Crippen molar-refractivity contribution in [1.29, 1.82) is 0 Å². The van der Waals surface area contributed by atoms with Crippen molar-refractivity contribution in [2.75, 3.05) is 6.61 Å². The average molecular weight is 435 g/mol. The highest BCUT2D eigenvalue weighted by Crippen LogP contribution is 2.39. The van der Waals surface area contributed by atoms with Crippen molar-refractivity contribution >= 4 is 53.8 Å². The Balaban J connectivity index is 4.76. The van der Waals surface area contributed by atoms with E-state index in [1.165, 1.54) is 0 Å². The fourth-order valence-electron chi connectivity index (χ4n) is 1.75. The standard InChI is InChI=1S/C12H19Br3O2/c1-4-6-12(3,8-11(16)17-5-2)9(13)7-10(14)15/h7,9H,4-6,8H2,1-3H3. The van der Waals surface area contributed by atoms with Crippen molar-refractivity contribution in [2.24, 2.45) is 5.41 Å². The summed E-state index contributed by atoms with van der Waals surface area (Å²) in [5.74, 6) is -0.132. The van der Waals surface area contributed by atoms with E-state index < -0.39 is 0 Å². The highest BCUT2D eigenvalue weighted by Gasteiger charge is 2.33. The molecule has 2 nitrogen and oxygen atoms in total. The SMILES string of the molecule is CCCC(C)(CC(=O)OCC)C(Br)C=C(Br)Br. The Morgan fingerprint density at radius 1 is 1.41 bits per heavy atom. The zero-order valence-electron chi connectivity index (χ0n) is 10.4. The quantitative estimate of drug-likeness (QED) is 0.409. The maximum Gasteiger partial charge on any atom is 0.306 e. The van der Waals surface area contributed by atoms with Gasteiger partial charge >= 0.3 is 5.97 Å². The molecule has 0 aliphatic rings. The smallest absolute Gasteiger partial charge is 0.306 e. The van der Waals surface area contributed by atoms with Crippen molar-refractivity contribution in [1.82, 2.24) is 0 Å². The molecule has 100 valence electrons. The molecule has 0 rings (SSSR count). The minimum Gasteiger partial charge on any atom is -0.466 e. The molecule has 0 aliphatic heterocycles. The van der Waals surface area contributed by atoms with E-state index >= 15 is 0 Å². The molecule has 0 saturated carbocycles. The normalized spacial score (nSPS) is 15.9. The van der Waals surface area contributed by atoms with Crippen LogP contribution in [-0.2, 0) is 9.53 Å². The van der Waals surface area contributed by atoms with Gasteiger partial charge in [0.05, 0.1) is 16.4 Å². The van der Waals surface area contributed by atoms with E-state index in [9.17, 15) is 4.79 Å². The van der Waals surface area contributed by atoms with Crippen LogP contribution >= 0.6 is 47.8 Å². The molecule has 0 aromatic heterocycles. The van der Waals surface area contributed by atoms with Gasteiger partial charge in [-0.2, -0.15) is 0 Å². The second kappa shape index (κ2) is 8.70. The van der Waals surface area contributed by atoms with E-state index in [-0.39, 0.29) is 16.2 Å². The number of halogens is 3. The molecular weight excluding hydrogens is 416 g/mol. The summed E-state index contributed by atoms with van der Waals surface area (Å²) in [4.78, 5) is 11.8. The third-order valence-corrected chi connectivity index (χ3v) is 4.51. The number of hydrogen-bond acceptors (Lipinski definition) is 2. The van der Waals surface area contributed by atoms with Gasteiger partial charge in [0, 0.05) is 4.83 Å². The lowest BCUT2D eigenvalue weighted by Crippen LogP contribution is -2.30. The van der Waals surface area contributed by atoms with E-state index in [4.69, 9.17) is 4.74 Å². The largest absolute Gasteiger partial charge is 0.466 e. The molecule has 0 heterocycles. The van der Waals surface area contributed by atoms with Gasteiger partial charge in [-0.3, -0.25) is 4.79 Å². The van der Waals surface area contributed by atoms with Gasteiger partial charge in [-0.05, 0) is 56.7 Å². The maximum absolute atomic E-state index is 11.6. The second-order valence-corrected chi connectivity index (χ2v) is 8.00. The van der Waals surface area contributed by atoms with E-state index in [0.717, 1.165) is 16.2 Å². The summed E-state index contributed by atoms with van der Waals surface area (Å²) >= 11 is 10.3. The second-order valence-electron chi connectivity index (χ2n) is 4.24. The van der Waals surface area contributed by atoms with E-state index in [2.05, 4.69) is 61.6 Å². The molecule has 5 heteroatoms. The highest BCUT2D eigenvalue weighted by atomic mass is 79.9. The molecule has 0 bridgehead atoms. The van der Waals surface area contributed by atoms with Crippen LogP contribution in [-0.4, -0.2) is 17.4 Å². The summed E-state index contributed by atoms with van der Waals surface area (Å²) < 4.78 is 5.92. The van der Waals surface area contributed by atoms with Gasteiger partial charge < -0.3 is 4.74 Å². The summed E-state index contributed by atoms with van der Waals surface area (Å²) in [6.45, 7) is 6.49. The zero-order valence-corrected chi connectivity index (χ0v) is 15.2. The van der Waals surface area contributed by atoms with Gasteiger partial charge in [-0.1, -0.05) is 36.2 Å². The number of rotatable bonds is 7. The zero-order chi connectivity index (χ0) is 13.5. The van der Waals surface area contributed by atoms with Crippen molar-refractivity contribution < 1.29 is 9.53 Å². The fourth-order valence-corrected chi connectivity index (χ4v) is 3.64. The summed E-state index contributed by atoms with van der Waals surface area (Å²) in [5, 5.41) is 0. The van der Waals surface area contributed by atoms with Crippen molar-refractivity contribution in [3.63, 3.8) is 0 Å². The third-order valence-electron chi connectivity index (χ3n) is 2.61. The molecule has 17 heavy (non-hydrogen) atoms. The van der Waals surface area contributed by atoms with Gasteiger partial charge in [0.25, 0.3) is 0 Å². The molecule has 2 unspecified atom stereocenters. The number of ether oxygens (including phenoxy) is 1. The number of esters is 1. The van der Waals surface area contributed by atoms with Crippen LogP contribution in [0.1, 0.15) is 40.0 Å². The van der Waals surface area contributed by atoms with Crippen molar-refractivity contribution in [3.8, 4) is 0 Å². The van der Waals surface area contributed by atoms with Crippen LogP contribution in [0, 0.1) is 5.41 Å². The summed E-state index contributed by atoms with van der Waals surface area (Å²) in [6.07, 6.45) is 4.43. The molecule has 0 radical (unpaired) electrons. The van der Waals surface area contributed by atoms with Crippen LogP contribution in [0.4, 0.5) is 0 Å². The minimum absolute atomic E-state index is 0.119. The lowest BCUT2D eigenvalue weighted by Gasteiger charge is -2.32. The number of alkyl halides is 1. The van der Waals surface area contributed by atoms with E-state index in [0.29, 0.717) is 13.0 Å². The van der Waals surface area contributed by atoms with Crippen LogP contribution in [0.15, 0.2) is 9.47 Å². The molecule has 0 aromatic rings. The van der Waals surface area contributed by atoms with Crippen LogP contribution in [0.2, 0.25) is 0 Å². The van der Waals surface area contributed by atoms with Crippen LogP contribution in [0.3, 0.4) is 0 Å². The number of hydrogen-bond donors (Lipinski definition) is 0. The molecular formula is C12H19Br3O2. The van der Waals surface area contributed by atoms with Crippen molar-refractivity contribution in [3.05, 3.63) is 9.47 Å². The van der Waals surface area contributed by atoms with Gasteiger partial charge in [0.1, 0.15) is 0 Å². The topological polar surface area (TPSA) is 26.3 Å². The molecule has 2 atom stereocenters. The average Bonchev–Trinajstić information content (AvgIpc) is 2.16. The monoisotopic (exact) mass is 432 g/mol. The fraction of sp³-hybridized carbons (Fsp3) is 0.750. The lowest BCUT2D eigenvalue weighted by molar-refractivity contribution is -0.145. The minimum atomic E-state index is -0.132. The first-order chi connectivity index (χ1) is 7.85. The predicted molar refractivity (Wildman–Crippen MR) is 82.9 cm³/mol. The van der Waals surface area contributed by atoms with E-state index in [1.807, 2.05) is 13.0 Å². The van der Waals surface area contributed by atoms with Crippen LogP contribution in [0.25, 0.3) is 0 Å². The molecule has 0 fully saturated rings. The van der Waals surface area contributed by atoms with Gasteiger partial charge in [0.2, 0.25) is 0 Å². The molecule has 0 aromatic carbocycles. The Labute approximate surface area is 129 Å². The van der Waals surface area contributed by atoms with Gasteiger partial charge in [-0.25, -0.2) is 0 Å². The summed E-state index contributed by atoms with van der Waals surface area (Å²) in [5.41, 5.74) is -0.131. The first-order valence-electron chi connectivity index (χ1n) is 5.68.